The van der Waals surface area contributed by atoms with Crippen molar-refractivity contribution in [2.75, 3.05) is 16.8 Å². The summed E-state index contributed by atoms with van der Waals surface area (Å²) in [7, 11) is -0.837. The van der Waals surface area contributed by atoms with Crippen LogP contribution in [0.2, 0.25) is 0 Å². The summed E-state index contributed by atoms with van der Waals surface area (Å²) in [5.74, 6) is 0.547. The van der Waals surface area contributed by atoms with Gasteiger partial charge in [0.15, 0.2) is 5.75 Å². The number of hydrogen-bond acceptors (Lipinski definition) is 5. The Morgan fingerprint density at radius 3 is 1.80 bits per heavy atom. The van der Waals surface area contributed by atoms with Crippen LogP contribution in [0.1, 0.15) is 222 Å². The number of aryl methyl sites for hydroxylation is 1. The van der Waals surface area contributed by atoms with Crippen LogP contribution in [0.4, 0.5) is 14.5 Å². The monoisotopic (exact) mass is 1260 g/mol. The summed E-state index contributed by atoms with van der Waals surface area (Å²) in [4.78, 5) is 3.08. The lowest BCUT2D eigenvalue weighted by Crippen LogP contribution is -2.38. The molecule has 4 unspecified atom stereocenters. The number of hydrogen-bond donors (Lipinski definition) is 2. The number of nitrogens with zero attached hydrogens (tertiary/aromatic N) is 2. The van der Waals surface area contributed by atoms with Gasteiger partial charge < -0.3 is 29.2 Å². The topological polar surface area (TPSA) is 67.1 Å². The van der Waals surface area contributed by atoms with Crippen molar-refractivity contribution in [1.82, 2.24) is 4.57 Å². The third-order valence-electron chi connectivity index (χ3n) is 19.9. The summed E-state index contributed by atoms with van der Waals surface area (Å²) in [5.41, 5.74) is 13.0. The van der Waals surface area contributed by atoms with Crippen molar-refractivity contribution in [2.24, 2.45) is 22.2 Å². The molecule has 6 nitrogen and oxygen atoms in total. The number of phenolic OH excluding ortho intramolecular Hbond substituents is 1. The molecule has 0 amide bonds. The summed E-state index contributed by atoms with van der Waals surface area (Å²) in [6, 6.07) is 30.6. The molecule has 92 heavy (non-hydrogen) atoms. The van der Waals surface area contributed by atoms with Crippen LogP contribution in [-0.4, -0.2) is 32.7 Å². The molecular weight excluding hydrogens is 1160 g/mol. The molecule has 7 aromatic rings. The fourth-order valence-corrected chi connectivity index (χ4v) is 17.3. The Morgan fingerprint density at radius 1 is 0.630 bits per heavy atom. The zero-order chi connectivity index (χ0) is 66.9. The van der Waals surface area contributed by atoms with Gasteiger partial charge in [0, 0.05) is 50.7 Å². The number of aliphatic hydroxyl groups is 1. The van der Waals surface area contributed by atoms with Crippen LogP contribution in [0, 0.1) is 40.7 Å². The normalized spacial score (nSPS) is 19.0. The molecule has 0 fully saturated rings. The first-order valence-corrected chi connectivity index (χ1v) is 35.3. The van der Waals surface area contributed by atoms with Crippen LogP contribution >= 0.6 is 0 Å². The van der Waals surface area contributed by atoms with Gasteiger partial charge in [-0.3, -0.25) is 0 Å². The van der Waals surface area contributed by atoms with Gasteiger partial charge >= 0.3 is 0 Å². The quantitative estimate of drug-likeness (QED) is 0.106. The summed E-state index contributed by atoms with van der Waals surface area (Å²) >= 11 is 0. The molecule has 0 saturated carbocycles. The van der Waals surface area contributed by atoms with Crippen LogP contribution in [0.25, 0.3) is 44.2 Å². The Hall–Kier alpha value is -6.71. The molecule has 1 aromatic heterocycles. The summed E-state index contributed by atoms with van der Waals surface area (Å²) < 4.78 is 49.6. The molecule has 0 bridgehead atoms. The Morgan fingerprint density at radius 2 is 1.21 bits per heavy atom. The van der Waals surface area contributed by atoms with Gasteiger partial charge in [0.1, 0.15) is 39.8 Å². The van der Waals surface area contributed by atoms with Crippen LogP contribution in [0.3, 0.4) is 0 Å². The Balaban J connectivity index is 1.04. The SMILES string of the molecule is CCCCC1=CC2C(C=C1)c1ccc(C(C)(C)C)cc1N2C1=C(O)C(c2cc(F)cc(C)c2OC[S+]2COc3c(-c4cc(C(C)(C)CC(C)(C)C)cc(-n5c6cc(C(C)(C)C)ccc6c6ccc(C(C)(C)C)cc65)c4O)cc(F)cc32)=CC(C(C)(C)CC(C)(C)C)C1. The molecule has 0 radical (unpaired) electrons. The van der Waals surface area contributed by atoms with E-state index in [1.54, 1.807) is 6.07 Å². The van der Waals surface area contributed by atoms with Gasteiger partial charge in [-0.2, -0.15) is 0 Å². The van der Waals surface area contributed by atoms with Gasteiger partial charge in [-0.15, -0.1) is 0 Å². The van der Waals surface area contributed by atoms with Crippen molar-refractivity contribution >= 4 is 44.0 Å². The van der Waals surface area contributed by atoms with Crippen molar-refractivity contribution in [3.05, 3.63) is 183 Å². The van der Waals surface area contributed by atoms with E-state index in [1.807, 2.05) is 6.92 Å². The minimum atomic E-state index is -0.837. The number of halogens is 2. The first-order valence-electron chi connectivity index (χ1n) is 33.7. The van der Waals surface area contributed by atoms with E-state index < -0.39 is 22.5 Å². The molecule has 11 rings (SSSR count). The lowest BCUT2D eigenvalue weighted by atomic mass is 9.65. The molecule has 2 aliphatic heterocycles. The zero-order valence-corrected chi connectivity index (χ0v) is 59.9. The minimum absolute atomic E-state index is 0.00545. The fourth-order valence-electron chi connectivity index (χ4n) is 15.7. The highest BCUT2D eigenvalue weighted by atomic mass is 32.2. The molecule has 9 heteroatoms. The second-order valence-electron chi connectivity index (χ2n) is 34.2. The number of fused-ring (bicyclic) bond motifs is 7. The molecule has 6 aromatic carbocycles. The number of unbranched alkanes of at least 4 members (excludes halogenated alkanes) is 1. The number of aromatic nitrogens is 1. The van der Waals surface area contributed by atoms with Crippen LogP contribution in [0.15, 0.2) is 137 Å². The maximum atomic E-state index is 17.0. The smallest absolute Gasteiger partial charge is 0.256 e. The number of rotatable bonds is 14. The largest absolute Gasteiger partial charge is 0.505 e. The summed E-state index contributed by atoms with van der Waals surface area (Å²) in [6.45, 7) is 47.0. The highest BCUT2D eigenvalue weighted by molar-refractivity contribution is 7.97. The van der Waals surface area contributed by atoms with E-state index in [0.717, 1.165) is 70.9 Å². The molecule has 4 aliphatic rings. The first-order chi connectivity index (χ1) is 42.7. The summed E-state index contributed by atoms with van der Waals surface area (Å²) in [6.07, 6.45) is 14.8. The number of aliphatic hydroxyl groups excluding tert-OH is 1. The zero-order valence-electron chi connectivity index (χ0n) is 59.1. The average molecular weight is 1260 g/mol. The molecule has 2 N–H and O–H groups in total. The van der Waals surface area contributed by atoms with Crippen LogP contribution in [-0.2, 0) is 32.6 Å². The van der Waals surface area contributed by atoms with Crippen molar-refractivity contribution < 1.29 is 28.5 Å². The Kier molecular flexibility index (Phi) is 17.1. The van der Waals surface area contributed by atoms with E-state index >= 15 is 8.78 Å². The number of allylic oxidation sites excluding steroid dienone is 5. The van der Waals surface area contributed by atoms with Crippen molar-refractivity contribution in [2.45, 2.75) is 222 Å². The second-order valence-corrected chi connectivity index (χ2v) is 36.1. The van der Waals surface area contributed by atoms with E-state index in [-0.39, 0.29) is 79.2 Å². The van der Waals surface area contributed by atoms with E-state index in [9.17, 15) is 10.2 Å². The highest BCUT2D eigenvalue weighted by Crippen LogP contribution is 2.56. The molecule has 0 saturated heterocycles. The fraction of sp³-hybridized carbons (Fsp3) is 0.470. The predicted octanol–water partition coefficient (Wildman–Crippen LogP) is 23.0. The van der Waals surface area contributed by atoms with Crippen LogP contribution < -0.4 is 14.4 Å². The van der Waals surface area contributed by atoms with Gasteiger partial charge in [0.2, 0.25) is 4.90 Å². The first kappa shape index (κ1) is 66.7. The van der Waals surface area contributed by atoms with Crippen molar-refractivity contribution in [3.63, 3.8) is 0 Å². The number of anilines is 1. The molecule has 3 heterocycles. The maximum absolute atomic E-state index is 17.0. The lowest BCUT2D eigenvalue weighted by Gasteiger charge is -2.43. The van der Waals surface area contributed by atoms with Crippen molar-refractivity contribution in [1.29, 1.82) is 0 Å². The molecule has 4 atom stereocenters. The third-order valence-corrected chi connectivity index (χ3v) is 21.6. The number of ether oxygens (including phenoxy) is 2. The van der Waals surface area contributed by atoms with Crippen LogP contribution in [0.5, 0.6) is 17.2 Å². The highest BCUT2D eigenvalue weighted by Gasteiger charge is 2.46. The van der Waals surface area contributed by atoms with Gasteiger partial charge in [-0.05, 0) is 165 Å². The lowest BCUT2D eigenvalue weighted by molar-refractivity contribution is 0.154. The van der Waals surface area contributed by atoms with Gasteiger partial charge in [0.25, 0.3) is 11.9 Å². The molecule has 0 spiro atoms. The molecular formula is C83H103F2N2O4S+. The third kappa shape index (κ3) is 12.9. The number of aromatic hydroxyl groups is 1. The van der Waals surface area contributed by atoms with E-state index in [1.165, 1.54) is 46.0 Å². The number of phenols is 1. The Bertz CT molecular complexity index is 4120. The maximum Gasteiger partial charge on any atom is 0.256 e. The van der Waals surface area contributed by atoms with E-state index in [0.29, 0.717) is 56.3 Å². The van der Waals surface area contributed by atoms with E-state index in [4.69, 9.17) is 9.47 Å². The molecule has 488 valence electrons. The van der Waals surface area contributed by atoms with Gasteiger partial charge in [-0.1, -0.05) is 211 Å². The number of benzene rings is 6. The molecule has 2 aliphatic carbocycles. The average Bonchev–Trinajstić information content (AvgIpc) is 1.52. The van der Waals surface area contributed by atoms with Gasteiger partial charge in [-0.25, -0.2) is 8.78 Å². The Labute approximate surface area is 552 Å². The van der Waals surface area contributed by atoms with Gasteiger partial charge in [0.05, 0.1) is 28.5 Å². The van der Waals surface area contributed by atoms with E-state index in [2.05, 4.69) is 239 Å². The second kappa shape index (κ2) is 23.6. The minimum Gasteiger partial charge on any atom is -0.505 e. The van der Waals surface area contributed by atoms with Crippen molar-refractivity contribution in [3.8, 4) is 34.1 Å². The standard InChI is InChI=1S/C83H102F2N2O4S/c1-22-23-24-50-25-29-58-59-30-26-51(79(9,10)11)37-67(59)86(66(58)34-50)70-40-54(82(18,19)45-77(3,4)5)35-62(73(70)88)64-42-56(84)33-49(2)75(64)90-47-92-48-91-76-65(43-57(85)44-72(76)92)63-36-55(83(20,21)46-78(6,7)8)41-71(74(63)89)87-68-38-52(80(12,13)14)27-31-60(68)61-32-28-53(39-69(61)87)81(15,16)17/h25-39,41-44,54,58,66H,22-24,40,45-48H2,1-21H3,(H-,88,89)/p+1. The summed E-state index contributed by atoms with van der Waals surface area (Å²) in [5, 5.41) is 28.8. The predicted molar refractivity (Wildman–Crippen MR) is 385 cm³/mol.